The Morgan fingerprint density at radius 1 is 0.467 bits per heavy atom. The average molecular weight is 1300 g/mol. The lowest BCUT2D eigenvalue weighted by Crippen LogP contribution is -2.53. The number of nitrogens with two attached hydrogens (primary N) is 1. The van der Waals surface area contributed by atoms with Crippen LogP contribution < -0.4 is 31.5 Å². The van der Waals surface area contributed by atoms with E-state index in [1.54, 1.807) is 19.6 Å². The van der Waals surface area contributed by atoms with Crippen LogP contribution in [0.5, 0.6) is 0 Å². The zero-order valence-corrected chi connectivity index (χ0v) is 53.1. The van der Waals surface area contributed by atoms with E-state index in [1.807, 2.05) is 24.3 Å². The molecule has 92 heavy (non-hydrogen) atoms. The summed E-state index contributed by atoms with van der Waals surface area (Å²) in [5, 5.41) is 74.1. The lowest BCUT2D eigenvalue weighted by atomic mass is 10.0. The van der Waals surface area contributed by atoms with Crippen molar-refractivity contribution >= 4 is 65.6 Å². The van der Waals surface area contributed by atoms with Gasteiger partial charge >= 0.3 is 47.8 Å². The van der Waals surface area contributed by atoms with Crippen LogP contribution in [0.3, 0.4) is 0 Å². The number of hydrogen-bond acceptors (Lipinski definition) is 21. The molecule has 1 aromatic heterocycles. The summed E-state index contributed by atoms with van der Waals surface area (Å²) in [4.78, 5) is 138. The number of carbonyl (C=O) groups excluding carboxylic acids is 2. The molecule has 1 aromatic carbocycles. The molecule has 514 valence electrons. The van der Waals surface area contributed by atoms with E-state index >= 15 is 0 Å². The Balaban J connectivity index is 1.08. The highest BCUT2D eigenvalue weighted by molar-refractivity contribution is 5.86. The van der Waals surface area contributed by atoms with Gasteiger partial charge < -0.3 is 67.2 Å². The molecule has 3 aliphatic heterocycles. The molecule has 3 saturated heterocycles. The second-order valence-electron chi connectivity index (χ2n) is 24.1. The van der Waals surface area contributed by atoms with Crippen LogP contribution in [0.1, 0.15) is 113 Å². The molecule has 31 heteroatoms. The highest BCUT2D eigenvalue weighted by atomic mass is 16.4. The largest absolute Gasteiger partial charge is 0.481 e. The molecule has 5 rings (SSSR count). The molecule has 12 N–H and O–H groups in total. The molecule has 31 nitrogen and oxygen atoms in total. The molecule has 0 saturated carbocycles. The summed E-state index contributed by atoms with van der Waals surface area (Å²) < 4.78 is 0. The van der Waals surface area contributed by atoms with Crippen molar-refractivity contribution < 1.29 is 78.9 Å². The second-order valence-corrected chi connectivity index (χ2v) is 24.1. The first-order valence-corrected chi connectivity index (χ1v) is 32.4. The number of benzene rings is 1. The molecule has 3 atom stereocenters. The minimum absolute atomic E-state index is 0.0491. The fraction of sp³-hybridized carbons (Fsp3) is 0.705. The number of amides is 3. The Hall–Kier alpha value is -7.42. The van der Waals surface area contributed by atoms with E-state index < -0.39 is 72.4 Å². The highest BCUT2D eigenvalue weighted by Crippen LogP contribution is 2.22. The van der Waals surface area contributed by atoms with E-state index in [0.717, 1.165) is 134 Å². The van der Waals surface area contributed by atoms with E-state index in [2.05, 4.69) is 35.6 Å². The van der Waals surface area contributed by atoms with Crippen LogP contribution >= 0.6 is 0 Å². The number of hydrogen-bond donors (Lipinski definition) is 11. The average Bonchev–Trinajstić information content (AvgIpc) is 1.44. The Morgan fingerprint density at radius 3 is 1.43 bits per heavy atom. The van der Waals surface area contributed by atoms with Crippen molar-refractivity contribution in [2.24, 2.45) is 5.73 Å². The summed E-state index contributed by atoms with van der Waals surface area (Å²) in [7, 11) is 0. The molecule has 0 spiro atoms. The van der Waals surface area contributed by atoms with Gasteiger partial charge in [0.25, 0.3) is 0 Å². The summed E-state index contributed by atoms with van der Waals surface area (Å²) in [6, 6.07) is 3.62. The minimum Gasteiger partial charge on any atom is -0.481 e. The number of carboxylic acid groups (broad SMARTS) is 7. The first-order valence-electron chi connectivity index (χ1n) is 32.4. The van der Waals surface area contributed by atoms with Crippen molar-refractivity contribution in [3.8, 4) is 0 Å². The maximum atomic E-state index is 12.4. The predicted molar refractivity (Wildman–Crippen MR) is 339 cm³/mol. The molecule has 1 unspecified atom stereocenters. The number of carbonyl (C=O) groups is 9. The number of anilines is 2. The standard InChI is InChI=1S/C61H99N15O16/c62-20-11-23-70-30-35-75(36-31-70)60-67-50(39-46-16-14-45(15-17-46)38-47-40-73(43-55(84)85)27-26-71(41-53(80)81)24-25-72(42-54(82)83)32-37-76(47)44-56(86)87)66-59(68-60)74-33-28-69(29-34-74)22-10-6-4-2-1-3-5-7-13-51(77)63-21-9-8-12-48(57(88)89)64-61(92)65-49(58(90)91)18-19-52(78)79/h14-17,47-49H,1-13,18-44,62H2,(H,63,77)(H,78,79)(H,80,81)(H,82,83)(H,84,85)(H,86,87)(H,88,89)(H,90,91)(H2,64,65,92)/t47?,48-,49-/m0/s1. The van der Waals surface area contributed by atoms with Crippen LogP contribution in [0.4, 0.5) is 16.7 Å². The number of carboxylic acids is 7. The minimum atomic E-state index is -1.49. The van der Waals surface area contributed by atoms with Gasteiger partial charge in [-0.05, 0) is 82.1 Å². The summed E-state index contributed by atoms with van der Waals surface area (Å²) >= 11 is 0. The van der Waals surface area contributed by atoms with E-state index in [1.165, 1.54) is 0 Å². The van der Waals surface area contributed by atoms with Crippen molar-refractivity contribution in [1.29, 1.82) is 0 Å². The number of nitrogens with zero attached hydrogens (tertiary/aromatic N) is 11. The maximum absolute atomic E-state index is 12.4. The summed E-state index contributed by atoms with van der Waals surface area (Å²) in [5.41, 5.74) is 7.64. The second kappa shape index (κ2) is 41.2. The van der Waals surface area contributed by atoms with Crippen LogP contribution in [0, 0.1) is 0 Å². The number of urea groups is 1. The normalized spacial score (nSPS) is 17.8. The first-order chi connectivity index (χ1) is 44.1. The number of aliphatic carboxylic acids is 7. The van der Waals surface area contributed by atoms with Gasteiger partial charge in [0.1, 0.15) is 17.9 Å². The Bertz CT molecular complexity index is 2650. The fourth-order valence-electron chi connectivity index (χ4n) is 11.6. The number of nitrogens with one attached hydrogen (secondary N) is 3. The van der Waals surface area contributed by atoms with Gasteiger partial charge in [-0.3, -0.25) is 58.2 Å². The van der Waals surface area contributed by atoms with Gasteiger partial charge in [0.15, 0.2) is 0 Å². The SMILES string of the molecule is NCCCN1CCN(c2nc(Cc3ccc(CC4CN(CC(=O)O)CCN(CC(=O)O)CCN(CC(=O)O)CCN4CC(=O)O)cc3)nc(N3CCN(CCCCCCCCCCC(=O)NCCCC[C@H](NC(=O)N[C@@H](CCC(=O)O)C(=O)O)C(=O)O)CC3)n2)CC1. The van der Waals surface area contributed by atoms with Crippen LogP contribution in [-0.2, 0) is 51.2 Å². The third kappa shape index (κ3) is 29.9. The van der Waals surface area contributed by atoms with Crippen LogP contribution in [0.25, 0.3) is 0 Å². The van der Waals surface area contributed by atoms with Gasteiger partial charge in [0.05, 0.1) is 26.2 Å². The zero-order chi connectivity index (χ0) is 66.8. The monoisotopic (exact) mass is 1300 g/mol. The molecule has 2 aromatic rings. The third-order valence-electron chi connectivity index (χ3n) is 16.8. The number of unbranched alkanes of at least 4 members (excludes halogenated alkanes) is 8. The number of rotatable bonds is 40. The van der Waals surface area contributed by atoms with Crippen LogP contribution in [-0.4, -0.2) is 302 Å². The quantitative estimate of drug-likeness (QED) is 0.0402. The van der Waals surface area contributed by atoms with Crippen molar-refractivity contribution in [3.05, 3.63) is 41.2 Å². The molecule has 3 amide bonds. The van der Waals surface area contributed by atoms with Crippen molar-refractivity contribution in [2.45, 2.75) is 127 Å². The molecule has 4 heterocycles. The Labute approximate surface area is 537 Å². The summed E-state index contributed by atoms with van der Waals surface area (Å²) in [5.74, 6) is -6.44. The highest BCUT2D eigenvalue weighted by Gasteiger charge is 2.30. The van der Waals surface area contributed by atoms with E-state index in [4.69, 9.17) is 25.8 Å². The van der Waals surface area contributed by atoms with Crippen LogP contribution in [0.2, 0.25) is 0 Å². The summed E-state index contributed by atoms with van der Waals surface area (Å²) in [6.07, 6.45) is 10.4. The lowest BCUT2D eigenvalue weighted by molar-refractivity contribution is -0.142. The molecule has 3 fully saturated rings. The van der Waals surface area contributed by atoms with Gasteiger partial charge in [-0.25, -0.2) is 14.4 Å². The Morgan fingerprint density at radius 2 is 0.924 bits per heavy atom. The van der Waals surface area contributed by atoms with Crippen molar-refractivity contribution in [1.82, 2.24) is 60.3 Å². The fourth-order valence-corrected chi connectivity index (χ4v) is 11.6. The van der Waals surface area contributed by atoms with Gasteiger partial charge in [-0.1, -0.05) is 62.8 Å². The predicted octanol–water partition coefficient (Wildman–Crippen LogP) is 0.394. The Kier molecular flexibility index (Phi) is 33.7. The van der Waals surface area contributed by atoms with Gasteiger partial charge in [0.2, 0.25) is 17.8 Å². The molecule has 0 aliphatic carbocycles. The topological polar surface area (TPSA) is 422 Å². The zero-order valence-electron chi connectivity index (χ0n) is 53.1. The smallest absolute Gasteiger partial charge is 0.326 e. The molecule has 0 radical (unpaired) electrons. The molecule has 3 aliphatic rings. The van der Waals surface area contributed by atoms with Gasteiger partial charge in [-0.2, -0.15) is 15.0 Å². The van der Waals surface area contributed by atoms with Gasteiger partial charge in [-0.15, -0.1) is 0 Å². The number of aromatic nitrogens is 3. The van der Waals surface area contributed by atoms with E-state index in [9.17, 15) is 73.8 Å². The lowest BCUT2D eigenvalue weighted by Gasteiger charge is -2.37. The molecule has 0 bridgehead atoms. The van der Waals surface area contributed by atoms with E-state index in [0.29, 0.717) is 62.9 Å². The van der Waals surface area contributed by atoms with Crippen LogP contribution in [0.15, 0.2) is 24.3 Å². The molecular formula is C61H99N15O16. The first kappa shape index (κ1) is 75.3. The molecular weight excluding hydrogens is 1200 g/mol. The summed E-state index contributed by atoms with van der Waals surface area (Å²) in [6.45, 7) is 9.49. The number of piperazine rings is 2. The van der Waals surface area contributed by atoms with Crippen molar-refractivity contribution in [3.63, 3.8) is 0 Å². The third-order valence-corrected chi connectivity index (χ3v) is 16.8. The maximum Gasteiger partial charge on any atom is 0.326 e. The van der Waals surface area contributed by atoms with Gasteiger partial charge in [0, 0.05) is 130 Å². The van der Waals surface area contributed by atoms with Crippen molar-refractivity contribution in [2.75, 3.05) is 160 Å². The van der Waals surface area contributed by atoms with E-state index in [-0.39, 0.29) is 90.7 Å².